The molecule has 1 nitrogen and oxygen atoms in total. The van der Waals surface area contributed by atoms with Gasteiger partial charge >= 0.3 is 0 Å². The second-order valence-electron chi connectivity index (χ2n) is 3.99. The number of halogens is 1. The molecule has 0 saturated carbocycles. The highest BCUT2D eigenvalue weighted by Crippen LogP contribution is 2.33. The molecule has 1 aliphatic rings. The monoisotopic (exact) mass is 159 g/mol. The molecule has 2 unspecified atom stereocenters. The van der Waals surface area contributed by atoms with Crippen LogP contribution in [0.1, 0.15) is 27.2 Å². The molecule has 0 bridgehead atoms. The maximum Gasteiger partial charge on any atom is 0.127 e. The Labute approximate surface area is 68.4 Å². The molecule has 0 amide bonds. The molecule has 11 heavy (non-hydrogen) atoms. The topological polar surface area (TPSA) is 12.0 Å². The summed E-state index contributed by atoms with van der Waals surface area (Å²) in [7, 11) is 0. The van der Waals surface area contributed by atoms with Crippen LogP contribution in [0.25, 0.3) is 0 Å². The van der Waals surface area contributed by atoms with Crippen LogP contribution in [0.2, 0.25) is 0 Å². The first-order valence-electron chi connectivity index (χ1n) is 4.46. The van der Waals surface area contributed by atoms with Crippen molar-refractivity contribution in [1.82, 2.24) is 5.32 Å². The fourth-order valence-corrected chi connectivity index (χ4v) is 1.67. The predicted molar refractivity (Wildman–Crippen MR) is 45.3 cm³/mol. The first-order valence-corrected chi connectivity index (χ1v) is 4.46. The number of rotatable bonds is 2. The molecule has 0 aliphatic carbocycles. The van der Waals surface area contributed by atoms with Gasteiger partial charge < -0.3 is 5.32 Å². The van der Waals surface area contributed by atoms with Crippen molar-refractivity contribution in [2.24, 2.45) is 11.8 Å². The van der Waals surface area contributed by atoms with Crippen LogP contribution in [0.3, 0.4) is 0 Å². The Morgan fingerprint density at radius 1 is 1.36 bits per heavy atom. The van der Waals surface area contributed by atoms with E-state index in [1.807, 2.05) is 6.92 Å². The third kappa shape index (κ3) is 1.73. The molecular formula is C9H18FN. The molecule has 1 heterocycles. The van der Waals surface area contributed by atoms with Gasteiger partial charge in [0.2, 0.25) is 0 Å². The van der Waals surface area contributed by atoms with E-state index in [0.29, 0.717) is 18.9 Å². The Hall–Kier alpha value is -0.110. The quantitative estimate of drug-likeness (QED) is 0.649. The van der Waals surface area contributed by atoms with Crippen molar-refractivity contribution in [2.75, 3.05) is 13.1 Å². The smallest absolute Gasteiger partial charge is 0.127 e. The molecule has 1 saturated heterocycles. The summed E-state index contributed by atoms with van der Waals surface area (Å²) in [5.41, 5.74) is -0.936. The van der Waals surface area contributed by atoms with E-state index in [1.54, 1.807) is 0 Å². The minimum absolute atomic E-state index is 0.178. The summed E-state index contributed by atoms with van der Waals surface area (Å²) in [6, 6.07) is 0. The van der Waals surface area contributed by atoms with Gasteiger partial charge in [-0.2, -0.15) is 0 Å². The van der Waals surface area contributed by atoms with E-state index in [4.69, 9.17) is 0 Å². The molecule has 0 spiro atoms. The highest BCUT2D eigenvalue weighted by atomic mass is 19.1. The number of alkyl halides is 1. The molecule has 0 aromatic heterocycles. The SMILES string of the molecule is CC(C)C(C)C1(F)CCNC1. The third-order valence-corrected chi connectivity index (χ3v) is 2.95. The van der Waals surface area contributed by atoms with Crippen LogP contribution in [0.15, 0.2) is 0 Å². The van der Waals surface area contributed by atoms with Crippen LogP contribution in [-0.2, 0) is 0 Å². The molecule has 1 rings (SSSR count). The molecule has 0 aromatic carbocycles. The van der Waals surface area contributed by atoms with E-state index in [0.717, 1.165) is 6.54 Å². The Balaban J connectivity index is 2.56. The largest absolute Gasteiger partial charge is 0.313 e. The molecule has 1 fully saturated rings. The minimum Gasteiger partial charge on any atom is -0.313 e. The summed E-state index contributed by atoms with van der Waals surface area (Å²) < 4.78 is 13.9. The van der Waals surface area contributed by atoms with Gasteiger partial charge in [0.05, 0.1) is 0 Å². The molecule has 0 radical (unpaired) electrons. The highest BCUT2D eigenvalue weighted by molar-refractivity contribution is 4.93. The van der Waals surface area contributed by atoms with E-state index in [2.05, 4.69) is 19.2 Å². The van der Waals surface area contributed by atoms with Gasteiger partial charge in [-0.05, 0) is 24.8 Å². The van der Waals surface area contributed by atoms with Crippen molar-refractivity contribution in [3.8, 4) is 0 Å². The summed E-state index contributed by atoms with van der Waals surface area (Å²) in [4.78, 5) is 0. The van der Waals surface area contributed by atoms with E-state index < -0.39 is 5.67 Å². The van der Waals surface area contributed by atoms with Gasteiger partial charge in [0.25, 0.3) is 0 Å². The highest BCUT2D eigenvalue weighted by Gasteiger charge is 2.40. The third-order valence-electron chi connectivity index (χ3n) is 2.95. The standard InChI is InChI=1S/C9H18FN/c1-7(2)8(3)9(10)4-5-11-6-9/h7-8,11H,4-6H2,1-3H3. The molecule has 1 aliphatic heterocycles. The lowest BCUT2D eigenvalue weighted by atomic mass is 9.82. The summed E-state index contributed by atoms with van der Waals surface area (Å²) in [5.74, 6) is 0.623. The van der Waals surface area contributed by atoms with Gasteiger partial charge in [-0.1, -0.05) is 20.8 Å². The number of nitrogens with one attached hydrogen (secondary N) is 1. The second-order valence-corrected chi connectivity index (χ2v) is 3.99. The maximum atomic E-state index is 13.9. The van der Waals surface area contributed by atoms with Crippen LogP contribution in [0.4, 0.5) is 4.39 Å². The van der Waals surface area contributed by atoms with E-state index in [-0.39, 0.29) is 5.92 Å². The zero-order valence-electron chi connectivity index (χ0n) is 7.65. The fourth-order valence-electron chi connectivity index (χ4n) is 1.67. The Kier molecular flexibility index (Phi) is 2.53. The molecular weight excluding hydrogens is 141 g/mol. The summed E-state index contributed by atoms with van der Waals surface area (Å²) in [6.07, 6.45) is 0.687. The fraction of sp³-hybridized carbons (Fsp3) is 1.00. The van der Waals surface area contributed by atoms with E-state index >= 15 is 0 Å². The molecule has 1 N–H and O–H groups in total. The first-order chi connectivity index (χ1) is 5.06. The molecule has 66 valence electrons. The molecule has 2 heteroatoms. The van der Waals surface area contributed by atoms with Crippen molar-refractivity contribution in [3.63, 3.8) is 0 Å². The second kappa shape index (κ2) is 3.10. The van der Waals surface area contributed by atoms with Crippen molar-refractivity contribution < 1.29 is 4.39 Å². The molecule has 0 aromatic rings. The van der Waals surface area contributed by atoms with Crippen molar-refractivity contribution >= 4 is 0 Å². The lowest BCUT2D eigenvalue weighted by Crippen LogP contribution is -2.36. The van der Waals surface area contributed by atoms with Gasteiger partial charge in [-0.3, -0.25) is 0 Å². The number of hydrogen-bond acceptors (Lipinski definition) is 1. The summed E-state index contributed by atoms with van der Waals surface area (Å²) >= 11 is 0. The lowest BCUT2D eigenvalue weighted by molar-refractivity contribution is 0.0841. The van der Waals surface area contributed by atoms with Crippen LogP contribution in [0.5, 0.6) is 0 Å². The summed E-state index contributed by atoms with van der Waals surface area (Å²) in [5, 5.41) is 3.07. The van der Waals surface area contributed by atoms with Crippen LogP contribution < -0.4 is 5.32 Å². The first kappa shape index (κ1) is 8.98. The maximum absolute atomic E-state index is 13.9. The van der Waals surface area contributed by atoms with Gasteiger partial charge in [0, 0.05) is 6.54 Å². The Bertz CT molecular complexity index is 128. The predicted octanol–water partition coefficient (Wildman–Crippen LogP) is 1.98. The minimum atomic E-state index is -0.936. The van der Waals surface area contributed by atoms with Crippen LogP contribution in [-0.4, -0.2) is 18.8 Å². The van der Waals surface area contributed by atoms with Gasteiger partial charge in [0.1, 0.15) is 5.67 Å². The van der Waals surface area contributed by atoms with Gasteiger partial charge in [0.15, 0.2) is 0 Å². The van der Waals surface area contributed by atoms with Crippen molar-refractivity contribution in [1.29, 1.82) is 0 Å². The van der Waals surface area contributed by atoms with E-state index in [1.165, 1.54) is 0 Å². The zero-order chi connectivity index (χ0) is 8.48. The molecule has 2 atom stereocenters. The zero-order valence-corrected chi connectivity index (χ0v) is 7.65. The average molecular weight is 159 g/mol. The summed E-state index contributed by atoms with van der Waals surface area (Å²) in [6.45, 7) is 7.58. The van der Waals surface area contributed by atoms with Gasteiger partial charge in [-0.15, -0.1) is 0 Å². The Morgan fingerprint density at radius 3 is 2.36 bits per heavy atom. The lowest BCUT2D eigenvalue weighted by Gasteiger charge is -2.29. The average Bonchev–Trinajstić information content (AvgIpc) is 2.35. The van der Waals surface area contributed by atoms with Crippen LogP contribution >= 0.6 is 0 Å². The van der Waals surface area contributed by atoms with Crippen molar-refractivity contribution in [3.05, 3.63) is 0 Å². The number of hydrogen-bond donors (Lipinski definition) is 1. The Morgan fingerprint density at radius 2 is 2.00 bits per heavy atom. The van der Waals surface area contributed by atoms with Gasteiger partial charge in [-0.25, -0.2) is 4.39 Å². The normalized spacial score (nSPS) is 34.6. The van der Waals surface area contributed by atoms with E-state index in [9.17, 15) is 4.39 Å². The van der Waals surface area contributed by atoms with Crippen LogP contribution in [0, 0.1) is 11.8 Å². The van der Waals surface area contributed by atoms with Crippen molar-refractivity contribution in [2.45, 2.75) is 32.9 Å².